The molecule has 1 aromatic rings. The van der Waals surface area contributed by atoms with Crippen molar-refractivity contribution in [3.8, 4) is 0 Å². The molecule has 1 aromatic carbocycles. The molecule has 2 heterocycles. The van der Waals surface area contributed by atoms with Gasteiger partial charge in [-0.3, -0.25) is 19.2 Å². The van der Waals surface area contributed by atoms with Crippen molar-refractivity contribution in [2.75, 3.05) is 20.2 Å². The molecule has 1 saturated heterocycles. The van der Waals surface area contributed by atoms with E-state index in [9.17, 15) is 28.8 Å². The van der Waals surface area contributed by atoms with E-state index in [4.69, 9.17) is 14.6 Å². The molecule has 4 atom stereocenters. The van der Waals surface area contributed by atoms with E-state index in [2.05, 4.69) is 10.6 Å². The largest absolute Gasteiger partial charge is 0.481 e. The van der Waals surface area contributed by atoms with Crippen LogP contribution in [0.15, 0.2) is 24.3 Å². The van der Waals surface area contributed by atoms with Gasteiger partial charge in [-0.05, 0) is 42.2 Å². The summed E-state index contributed by atoms with van der Waals surface area (Å²) in [6.07, 6.45) is 0.187. The lowest BCUT2D eigenvalue weighted by Crippen LogP contribution is -2.58. The number of amides is 4. The zero-order valence-corrected chi connectivity index (χ0v) is 26.7. The molecule has 4 amide bonds. The Morgan fingerprint density at radius 2 is 1.58 bits per heavy atom. The Kier molecular flexibility index (Phi) is 12.7. The van der Waals surface area contributed by atoms with E-state index >= 15 is 0 Å². The fraction of sp³-hybridized carbons (Fsp3) is 0.625. The van der Waals surface area contributed by atoms with Gasteiger partial charge in [0.15, 0.2) is 0 Å². The predicted molar refractivity (Wildman–Crippen MR) is 163 cm³/mol. The molecule has 0 radical (unpaired) electrons. The van der Waals surface area contributed by atoms with Crippen LogP contribution < -0.4 is 10.6 Å². The van der Waals surface area contributed by atoms with Crippen molar-refractivity contribution in [1.82, 2.24) is 20.4 Å². The number of esters is 1. The van der Waals surface area contributed by atoms with Crippen LogP contribution in [0.1, 0.15) is 70.9 Å². The number of ether oxygens (including phenoxy) is 2. The fourth-order valence-electron chi connectivity index (χ4n) is 5.63. The van der Waals surface area contributed by atoms with Gasteiger partial charge in [-0.2, -0.15) is 0 Å². The number of aliphatic carboxylic acids is 1. The third kappa shape index (κ3) is 9.66. The van der Waals surface area contributed by atoms with Crippen molar-refractivity contribution < 1.29 is 43.3 Å². The number of carboxylic acid groups (broad SMARTS) is 1. The lowest BCUT2D eigenvalue weighted by molar-refractivity contribution is -0.152. The van der Waals surface area contributed by atoms with E-state index < -0.39 is 60.0 Å². The monoisotopic (exact) mass is 630 g/mol. The zero-order chi connectivity index (χ0) is 33.3. The molecule has 2 aliphatic rings. The van der Waals surface area contributed by atoms with Crippen molar-refractivity contribution in [2.24, 2.45) is 11.8 Å². The van der Waals surface area contributed by atoms with E-state index in [1.165, 1.54) is 17.6 Å². The van der Waals surface area contributed by atoms with Crippen molar-refractivity contribution in [3.05, 3.63) is 35.4 Å². The first-order chi connectivity index (χ1) is 21.3. The van der Waals surface area contributed by atoms with E-state index in [1.54, 1.807) is 32.6 Å². The molecule has 0 saturated carbocycles. The highest BCUT2D eigenvalue weighted by Gasteiger charge is 2.45. The van der Waals surface area contributed by atoms with E-state index in [1.807, 2.05) is 24.3 Å². The summed E-state index contributed by atoms with van der Waals surface area (Å²) >= 11 is 0. The van der Waals surface area contributed by atoms with Crippen molar-refractivity contribution in [1.29, 1.82) is 0 Å². The number of carbonyl (C=O) groups excluding carboxylic acids is 5. The maximum atomic E-state index is 13.9. The Bertz CT molecular complexity index is 1250. The quantitative estimate of drug-likeness (QED) is 0.218. The third-order valence-corrected chi connectivity index (χ3v) is 8.22. The molecular weight excluding hydrogens is 584 g/mol. The van der Waals surface area contributed by atoms with Crippen LogP contribution in [0.25, 0.3) is 0 Å². The normalized spacial score (nSPS) is 19.0. The Morgan fingerprint density at radius 3 is 2.20 bits per heavy atom. The maximum Gasteiger partial charge on any atom is 0.410 e. The summed E-state index contributed by atoms with van der Waals surface area (Å²) in [7, 11) is 1.22. The summed E-state index contributed by atoms with van der Waals surface area (Å²) in [5.41, 5.74) is 2.22. The van der Waals surface area contributed by atoms with Crippen LogP contribution in [0.3, 0.4) is 0 Å². The second-order valence-corrected chi connectivity index (χ2v) is 12.3. The molecule has 13 nitrogen and oxygen atoms in total. The van der Waals surface area contributed by atoms with Crippen LogP contribution in [-0.2, 0) is 46.4 Å². The molecule has 3 N–H and O–H groups in total. The number of methoxy groups -OCH3 is 1. The zero-order valence-electron chi connectivity index (χ0n) is 26.7. The number of carboxylic acids is 1. The van der Waals surface area contributed by atoms with Crippen LogP contribution in [0, 0.1) is 11.8 Å². The molecule has 45 heavy (non-hydrogen) atoms. The highest BCUT2D eigenvalue weighted by molar-refractivity contribution is 5.94. The van der Waals surface area contributed by atoms with Crippen LogP contribution in [0.5, 0.6) is 0 Å². The summed E-state index contributed by atoms with van der Waals surface area (Å²) in [5.74, 6) is -3.76. The second kappa shape index (κ2) is 16.2. The molecule has 248 valence electrons. The average Bonchev–Trinajstić information content (AvgIpc) is 3.42. The number of unbranched alkanes of at least 4 members (excludes halogenated alkanes) is 1. The van der Waals surface area contributed by atoms with E-state index in [0.29, 0.717) is 32.4 Å². The lowest BCUT2D eigenvalue weighted by atomic mass is 9.98. The summed E-state index contributed by atoms with van der Waals surface area (Å²) < 4.78 is 10.7. The summed E-state index contributed by atoms with van der Waals surface area (Å²) in [5, 5.41) is 14.3. The first kappa shape index (κ1) is 35.3. The number of rotatable bonds is 13. The topological polar surface area (TPSA) is 172 Å². The first-order valence-corrected chi connectivity index (χ1v) is 15.5. The Balaban J connectivity index is 1.66. The summed E-state index contributed by atoms with van der Waals surface area (Å²) in [6, 6.07) is 4.90. The number of carbonyl (C=O) groups is 6. The van der Waals surface area contributed by atoms with Crippen molar-refractivity contribution >= 4 is 35.8 Å². The molecular formula is C32H46N4O9. The number of likely N-dealkylation sites (tertiary alicyclic amines) is 1. The van der Waals surface area contributed by atoms with E-state index in [0.717, 1.165) is 5.56 Å². The molecule has 0 spiro atoms. The van der Waals surface area contributed by atoms with Crippen LogP contribution in [0.4, 0.5) is 4.79 Å². The van der Waals surface area contributed by atoms with Crippen molar-refractivity contribution in [3.63, 3.8) is 0 Å². The predicted octanol–water partition coefficient (Wildman–Crippen LogP) is 2.25. The van der Waals surface area contributed by atoms with Gasteiger partial charge in [0.25, 0.3) is 0 Å². The fourth-order valence-corrected chi connectivity index (χ4v) is 5.63. The molecule has 3 rings (SSSR count). The summed E-state index contributed by atoms with van der Waals surface area (Å²) in [4.78, 5) is 79.2. The van der Waals surface area contributed by atoms with Gasteiger partial charge >= 0.3 is 18.0 Å². The Labute approximate surface area is 264 Å². The molecule has 0 bridgehead atoms. The highest BCUT2D eigenvalue weighted by Crippen LogP contribution is 2.26. The minimum atomic E-state index is -1.04. The molecule has 0 aliphatic carbocycles. The molecule has 0 aromatic heterocycles. The highest BCUT2D eigenvalue weighted by atomic mass is 16.6. The molecule has 2 aliphatic heterocycles. The first-order valence-electron chi connectivity index (χ1n) is 15.5. The minimum Gasteiger partial charge on any atom is -0.481 e. The summed E-state index contributed by atoms with van der Waals surface area (Å²) in [6.45, 7) is 7.87. The van der Waals surface area contributed by atoms with Crippen LogP contribution in [-0.4, -0.2) is 95.1 Å². The standard InChI is InChI=1S/C32H46N4O9/c1-19(2)27(33-25(37)12-8-9-13-26(38)39)29(40)34-28(20(3)4)30(41)36-18-23(16-24(36)31(42)44-5)45-32(43)35-15-14-21-10-6-7-11-22(21)17-35/h6-7,10-11,19-20,23-24,27-28H,8-9,12-18H2,1-5H3,(H,33,37)(H,34,40)(H,38,39)/t23?,24-,27-,28-/m0/s1. The van der Waals surface area contributed by atoms with Gasteiger partial charge in [-0.15, -0.1) is 0 Å². The van der Waals surface area contributed by atoms with E-state index in [-0.39, 0.29) is 37.6 Å². The molecule has 13 heteroatoms. The van der Waals surface area contributed by atoms with Gasteiger partial charge in [0, 0.05) is 32.4 Å². The number of nitrogens with zero attached hydrogens (tertiary/aromatic N) is 2. The lowest BCUT2D eigenvalue weighted by Gasteiger charge is -2.31. The molecule has 1 unspecified atom stereocenters. The van der Waals surface area contributed by atoms with Gasteiger partial charge in [-0.1, -0.05) is 52.0 Å². The number of nitrogens with one attached hydrogen (secondary N) is 2. The second-order valence-electron chi connectivity index (χ2n) is 12.3. The van der Waals surface area contributed by atoms with Crippen molar-refractivity contribution in [2.45, 2.75) is 97.0 Å². The van der Waals surface area contributed by atoms with Gasteiger partial charge < -0.3 is 35.0 Å². The van der Waals surface area contributed by atoms with Crippen LogP contribution in [0.2, 0.25) is 0 Å². The number of hydrogen-bond donors (Lipinski definition) is 3. The number of benzene rings is 1. The minimum absolute atomic E-state index is 0.0462. The average molecular weight is 631 g/mol. The van der Waals surface area contributed by atoms with Gasteiger partial charge in [0.1, 0.15) is 24.2 Å². The number of hydrogen-bond acceptors (Lipinski definition) is 8. The maximum absolute atomic E-state index is 13.9. The van der Waals surface area contributed by atoms with Gasteiger partial charge in [0.05, 0.1) is 13.7 Å². The number of fused-ring (bicyclic) bond motifs is 1. The van der Waals surface area contributed by atoms with Crippen LogP contribution >= 0.6 is 0 Å². The third-order valence-electron chi connectivity index (χ3n) is 8.22. The molecule has 1 fully saturated rings. The smallest absolute Gasteiger partial charge is 0.410 e. The Morgan fingerprint density at radius 1 is 0.933 bits per heavy atom. The SMILES string of the molecule is COC(=O)[C@@H]1CC(OC(=O)N2CCc3ccccc3C2)CN1C(=O)[C@@H](NC(=O)[C@@H](NC(=O)CCCCC(=O)O)C(C)C)C(C)C. The van der Waals surface area contributed by atoms with Gasteiger partial charge in [-0.25, -0.2) is 9.59 Å². The van der Waals surface area contributed by atoms with Gasteiger partial charge in [0.2, 0.25) is 17.7 Å². The Hall–Kier alpha value is -4.16.